The van der Waals surface area contributed by atoms with E-state index in [0.717, 1.165) is 62.4 Å². The topological polar surface area (TPSA) is 72.5 Å². The Morgan fingerprint density at radius 1 is 0.919 bits per heavy atom. The minimum atomic E-state index is -0.751. The minimum absolute atomic E-state index is 0.0106. The lowest BCUT2D eigenvalue weighted by Gasteiger charge is -2.39. The zero-order valence-corrected chi connectivity index (χ0v) is 21.1. The summed E-state index contributed by atoms with van der Waals surface area (Å²) in [5, 5.41) is 9.35. The van der Waals surface area contributed by atoms with Crippen molar-refractivity contribution in [3.63, 3.8) is 0 Å². The molecule has 1 aromatic heterocycles. The van der Waals surface area contributed by atoms with Crippen LogP contribution in [0, 0.1) is 5.92 Å². The van der Waals surface area contributed by atoms with E-state index in [4.69, 9.17) is 4.98 Å². The average molecular weight is 495 g/mol. The average Bonchev–Trinajstić information content (AvgIpc) is 3.68. The number of carboxylic acids is 1. The molecule has 2 heterocycles. The molecule has 1 atom stereocenters. The molecule has 1 saturated carbocycles. The number of rotatable bonds is 9. The summed E-state index contributed by atoms with van der Waals surface area (Å²) in [5.74, 6) is 0.518. The smallest absolute Gasteiger partial charge is 0.304 e. The predicted octanol–water partition coefficient (Wildman–Crippen LogP) is 5.44. The molecule has 2 N–H and O–H groups in total. The molecule has 0 bridgehead atoms. The molecule has 1 aliphatic heterocycles. The summed E-state index contributed by atoms with van der Waals surface area (Å²) in [5.41, 5.74) is 5.88. The van der Waals surface area contributed by atoms with E-state index >= 15 is 0 Å². The number of nitrogens with zero attached hydrogens (tertiary/aromatic N) is 3. The lowest BCUT2D eigenvalue weighted by Crippen LogP contribution is -2.47. The van der Waals surface area contributed by atoms with E-state index in [1.165, 1.54) is 16.7 Å². The van der Waals surface area contributed by atoms with Crippen molar-refractivity contribution in [2.24, 2.45) is 5.92 Å². The third-order valence-corrected chi connectivity index (χ3v) is 7.91. The van der Waals surface area contributed by atoms with Crippen molar-refractivity contribution in [1.82, 2.24) is 19.8 Å². The van der Waals surface area contributed by atoms with Gasteiger partial charge in [0.15, 0.2) is 0 Å². The molecule has 0 spiro atoms. The van der Waals surface area contributed by atoms with E-state index in [0.29, 0.717) is 5.92 Å². The second kappa shape index (κ2) is 10.5. The fraction of sp³-hybridized carbons (Fsp3) is 0.355. The van der Waals surface area contributed by atoms with Crippen molar-refractivity contribution in [1.29, 1.82) is 0 Å². The van der Waals surface area contributed by atoms with Gasteiger partial charge < -0.3 is 10.1 Å². The van der Waals surface area contributed by atoms with E-state index < -0.39 is 5.97 Å². The summed E-state index contributed by atoms with van der Waals surface area (Å²) in [6.45, 7) is 4.97. The Morgan fingerprint density at radius 2 is 1.57 bits per heavy atom. The van der Waals surface area contributed by atoms with E-state index in [9.17, 15) is 9.90 Å². The van der Waals surface area contributed by atoms with Gasteiger partial charge in [0.05, 0.1) is 23.5 Å². The van der Waals surface area contributed by atoms with Gasteiger partial charge in [-0.15, -0.1) is 0 Å². The normalized spacial score (nSPS) is 17.9. The van der Waals surface area contributed by atoms with Gasteiger partial charge in [0.1, 0.15) is 5.82 Å². The third-order valence-electron chi connectivity index (χ3n) is 7.91. The molecule has 1 unspecified atom stereocenters. The number of aliphatic carboxylic acids is 1. The molecule has 1 aliphatic carbocycles. The van der Waals surface area contributed by atoms with Crippen LogP contribution in [0.4, 0.5) is 0 Å². The van der Waals surface area contributed by atoms with Gasteiger partial charge in [0.25, 0.3) is 0 Å². The van der Waals surface area contributed by atoms with Gasteiger partial charge in [-0.3, -0.25) is 14.6 Å². The van der Waals surface area contributed by atoms with E-state index in [1.54, 1.807) is 0 Å². The Bertz CT molecular complexity index is 1300. The first-order valence-corrected chi connectivity index (χ1v) is 13.4. The molecule has 190 valence electrons. The number of imidazole rings is 1. The van der Waals surface area contributed by atoms with E-state index in [2.05, 4.69) is 93.6 Å². The van der Waals surface area contributed by atoms with Crippen LogP contribution in [-0.4, -0.2) is 57.0 Å². The highest BCUT2D eigenvalue weighted by molar-refractivity contribution is 5.76. The molecule has 2 aliphatic rings. The van der Waals surface area contributed by atoms with Gasteiger partial charge in [0, 0.05) is 38.6 Å². The number of piperazine rings is 1. The summed E-state index contributed by atoms with van der Waals surface area (Å²) >= 11 is 0. The van der Waals surface area contributed by atoms with Crippen molar-refractivity contribution < 1.29 is 9.90 Å². The Kier molecular flexibility index (Phi) is 6.77. The second-order valence-corrected chi connectivity index (χ2v) is 10.6. The standard InChI is InChI=1S/C31H34N4O2/c36-29(37)20-26(23-12-13-23)31-32-27-14-11-22(19-28(27)33-31)21-34-15-17-35(18-16-34)30(24-7-3-1-4-8-24)25-9-5-2-6-10-25/h1-11,14,19,23,26,30H,12-13,15-18,20-21H2,(H,32,33)(H,36,37). The first-order chi connectivity index (χ1) is 18.1. The molecule has 0 amide bonds. The first kappa shape index (κ1) is 23.9. The van der Waals surface area contributed by atoms with Gasteiger partial charge >= 0.3 is 5.97 Å². The van der Waals surface area contributed by atoms with E-state index in [-0.39, 0.29) is 18.4 Å². The lowest BCUT2D eigenvalue weighted by molar-refractivity contribution is -0.137. The van der Waals surface area contributed by atoms with Gasteiger partial charge in [-0.05, 0) is 47.6 Å². The summed E-state index contributed by atoms with van der Waals surface area (Å²) in [6, 6.07) is 28.4. The molecule has 4 aromatic rings. The van der Waals surface area contributed by atoms with Gasteiger partial charge in [0.2, 0.25) is 0 Å². The zero-order chi connectivity index (χ0) is 25.2. The van der Waals surface area contributed by atoms with Gasteiger partial charge in [-0.25, -0.2) is 4.98 Å². The Balaban J connectivity index is 1.13. The lowest BCUT2D eigenvalue weighted by atomic mass is 9.96. The molecule has 6 rings (SSSR count). The van der Waals surface area contributed by atoms with Crippen molar-refractivity contribution in [3.05, 3.63) is 101 Å². The fourth-order valence-corrected chi connectivity index (χ4v) is 5.85. The maximum Gasteiger partial charge on any atom is 0.304 e. The van der Waals surface area contributed by atoms with Gasteiger partial charge in [-0.1, -0.05) is 66.7 Å². The van der Waals surface area contributed by atoms with Crippen molar-refractivity contribution in [2.75, 3.05) is 26.2 Å². The Hall–Kier alpha value is -3.48. The van der Waals surface area contributed by atoms with Crippen LogP contribution >= 0.6 is 0 Å². The van der Waals surface area contributed by atoms with Crippen LogP contribution in [0.5, 0.6) is 0 Å². The number of nitrogens with one attached hydrogen (secondary N) is 1. The van der Waals surface area contributed by atoms with Crippen LogP contribution in [0.15, 0.2) is 78.9 Å². The molecule has 0 radical (unpaired) electrons. The summed E-state index contributed by atoms with van der Waals surface area (Å²) in [4.78, 5) is 24.7. The zero-order valence-electron chi connectivity index (χ0n) is 21.1. The number of carbonyl (C=O) groups is 1. The molecular weight excluding hydrogens is 460 g/mol. The highest BCUT2D eigenvalue weighted by Gasteiger charge is 2.35. The maximum atomic E-state index is 11.4. The summed E-state index contributed by atoms with van der Waals surface area (Å²) < 4.78 is 0. The van der Waals surface area contributed by atoms with Crippen LogP contribution < -0.4 is 0 Å². The molecule has 37 heavy (non-hydrogen) atoms. The first-order valence-electron chi connectivity index (χ1n) is 13.4. The molecular formula is C31H34N4O2. The number of benzene rings is 3. The van der Waals surface area contributed by atoms with Crippen LogP contribution in [-0.2, 0) is 11.3 Å². The second-order valence-electron chi connectivity index (χ2n) is 10.6. The largest absolute Gasteiger partial charge is 0.481 e. The number of aromatic amines is 1. The van der Waals surface area contributed by atoms with Gasteiger partial charge in [-0.2, -0.15) is 0 Å². The maximum absolute atomic E-state index is 11.4. The number of fused-ring (bicyclic) bond motifs is 1. The minimum Gasteiger partial charge on any atom is -0.481 e. The quantitative estimate of drug-likeness (QED) is 0.324. The molecule has 3 aromatic carbocycles. The summed E-state index contributed by atoms with van der Waals surface area (Å²) in [7, 11) is 0. The molecule has 6 heteroatoms. The van der Waals surface area contributed by atoms with Crippen molar-refractivity contribution in [3.8, 4) is 0 Å². The van der Waals surface area contributed by atoms with Crippen LogP contribution in [0.25, 0.3) is 11.0 Å². The number of carboxylic acid groups (broad SMARTS) is 1. The van der Waals surface area contributed by atoms with Crippen LogP contribution in [0.2, 0.25) is 0 Å². The fourth-order valence-electron chi connectivity index (χ4n) is 5.85. The van der Waals surface area contributed by atoms with Crippen LogP contribution in [0.3, 0.4) is 0 Å². The van der Waals surface area contributed by atoms with E-state index in [1.807, 2.05) is 0 Å². The Labute approximate surface area is 217 Å². The number of aromatic nitrogens is 2. The van der Waals surface area contributed by atoms with Crippen molar-refractivity contribution >= 4 is 17.0 Å². The predicted molar refractivity (Wildman–Crippen MR) is 145 cm³/mol. The number of hydrogen-bond donors (Lipinski definition) is 2. The highest BCUT2D eigenvalue weighted by Crippen LogP contribution is 2.44. The van der Waals surface area contributed by atoms with Crippen molar-refractivity contribution in [2.45, 2.75) is 37.8 Å². The molecule has 2 fully saturated rings. The third kappa shape index (κ3) is 5.45. The highest BCUT2D eigenvalue weighted by atomic mass is 16.4. The Morgan fingerprint density at radius 3 is 2.16 bits per heavy atom. The van der Waals surface area contributed by atoms with Crippen LogP contribution in [0.1, 0.15) is 53.7 Å². The number of H-pyrrole nitrogens is 1. The molecule has 6 nitrogen and oxygen atoms in total. The molecule has 1 saturated heterocycles. The number of hydrogen-bond acceptors (Lipinski definition) is 4. The SMILES string of the molecule is O=C(O)CC(c1nc2ccc(CN3CCN(C(c4ccccc4)c4ccccc4)CC3)cc2[nH]1)C1CC1. The monoisotopic (exact) mass is 494 g/mol. The summed E-state index contributed by atoms with van der Waals surface area (Å²) in [6.07, 6.45) is 2.35.